The highest BCUT2D eigenvalue weighted by Crippen LogP contribution is 2.28. The van der Waals surface area contributed by atoms with Gasteiger partial charge >= 0.3 is 5.97 Å². The highest BCUT2D eigenvalue weighted by molar-refractivity contribution is 5.98. The SMILES string of the molecule is CCc1cccc(CC(=O)N[C@@H](Cc2ccccc2)C(=O)N[C@H]2COC(=O)C3C[C@@H](C)CN3C(=O)[C@H](C)NC(=O)[C@@H]3CCCCN3C(=O)[C@@H]3CCCN3C2=O)c1. The normalized spacial score (nSPS) is 26.8. The lowest BCUT2D eigenvalue weighted by Gasteiger charge is -2.39. The lowest BCUT2D eigenvalue weighted by molar-refractivity contribution is -0.158. The molecule has 14 nitrogen and oxygen atoms in total. The van der Waals surface area contributed by atoms with E-state index >= 15 is 0 Å². The molecule has 6 rings (SSSR count). The van der Waals surface area contributed by atoms with Gasteiger partial charge in [0.1, 0.15) is 42.9 Å². The third kappa shape index (κ3) is 9.39. The second kappa shape index (κ2) is 18.1. The number of nitrogens with zero attached hydrogens (tertiary/aromatic N) is 3. The molecule has 7 atom stereocenters. The van der Waals surface area contributed by atoms with Gasteiger partial charge in [-0.3, -0.25) is 28.8 Å². The third-order valence-electron chi connectivity index (χ3n) is 11.4. The second-order valence-corrected chi connectivity index (χ2v) is 15.7. The van der Waals surface area contributed by atoms with Crippen LogP contribution in [0.1, 0.15) is 76.0 Å². The van der Waals surface area contributed by atoms with Crippen molar-refractivity contribution in [3.63, 3.8) is 0 Å². The molecular formula is C42H54N6O8. The van der Waals surface area contributed by atoms with E-state index in [2.05, 4.69) is 16.0 Å². The number of amides is 6. The Kier molecular flexibility index (Phi) is 13.1. The van der Waals surface area contributed by atoms with E-state index in [0.717, 1.165) is 29.5 Å². The molecule has 0 bridgehead atoms. The molecule has 0 aromatic heterocycles. The summed E-state index contributed by atoms with van der Waals surface area (Å²) in [6.45, 7) is 5.77. The zero-order chi connectivity index (χ0) is 39.9. The van der Waals surface area contributed by atoms with E-state index in [4.69, 9.17) is 4.74 Å². The molecule has 0 spiro atoms. The molecule has 2 aromatic rings. The number of hydrogen-bond acceptors (Lipinski definition) is 8. The number of hydrogen-bond donors (Lipinski definition) is 3. The average Bonchev–Trinajstić information content (AvgIpc) is 3.85. The molecule has 2 aromatic carbocycles. The fourth-order valence-corrected chi connectivity index (χ4v) is 8.44. The minimum absolute atomic E-state index is 0.0348. The van der Waals surface area contributed by atoms with Crippen LogP contribution in [-0.4, -0.2) is 119 Å². The summed E-state index contributed by atoms with van der Waals surface area (Å²) in [6, 6.07) is 10.7. The van der Waals surface area contributed by atoms with Crippen LogP contribution in [0.5, 0.6) is 0 Å². The highest BCUT2D eigenvalue weighted by Gasteiger charge is 2.46. The first-order chi connectivity index (χ1) is 26.9. The lowest BCUT2D eigenvalue weighted by Crippen LogP contribution is -2.62. The smallest absolute Gasteiger partial charge is 0.328 e. The third-order valence-corrected chi connectivity index (χ3v) is 11.4. The summed E-state index contributed by atoms with van der Waals surface area (Å²) < 4.78 is 5.77. The topological polar surface area (TPSA) is 175 Å². The van der Waals surface area contributed by atoms with Crippen LogP contribution in [-0.2, 0) is 57.6 Å². The van der Waals surface area contributed by atoms with E-state index in [-0.39, 0.29) is 43.7 Å². The van der Waals surface area contributed by atoms with Crippen LogP contribution in [0.3, 0.4) is 0 Å². The van der Waals surface area contributed by atoms with Gasteiger partial charge in [-0.15, -0.1) is 0 Å². The molecule has 4 saturated heterocycles. The summed E-state index contributed by atoms with van der Waals surface area (Å²) in [5.74, 6) is -3.72. The number of ether oxygens (including phenoxy) is 1. The number of nitrogens with one attached hydrogen (secondary N) is 3. The monoisotopic (exact) mass is 770 g/mol. The Morgan fingerprint density at radius 2 is 1.50 bits per heavy atom. The first kappa shape index (κ1) is 40.4. The molecule has 4 heterocycles. The molecule has 3 N–H and O–H groups in total. The molecular weight excluding hydrogens is 716 g/mol. The van der Waals surface area contributed by atoms with Gasteiger partial charge in [0.2, 0.25) is 35.4 Å². The van der Waals surface area contributed by atoms with Crippen LogP contribution < -0.4 is 16.0 Å². The summed E-state index contributed by atoms with van der Waals surface area (Å²) in [5.41, 5.74) is 2.65. The molecule has 6 amide bonds. The fourth-order valence-electron chi connectivity index (χ4n) is 8.44. The molecule has 1 unspecified atom stereocenters. The van der Waals surface area contributed by atoms with Crippen molar-refractivity contribution < 1.29 is 38.3 Å². The number of esters is 1. The van der Waals surface area contributed by atoms with Crippen molar-refractivity contribution >= 4 is 41.4 Å². The van der Waals surface area contributed by atoms with E-state index < -0.39 is 72.5 Å². The Labute approximate surface area is 328 Å². The summed E-state index contributed by atoms with van der Waals surface area (Å²) in [7, 11) is 0. The largest absolute Gasteiger partial charge is 0.461 e. The first-order valence-corrected chi connectivity index (χ1v) is 20.0. The summed E-state index contributed by atoms with van der Waals surface area (Å²) in [4.78, 5) is 102. The van der Waals surface area contributed by atoms with Gasteiger partial charge in [-0.1, -0.05) is 68.4 Å². The minimum Gasteiger partial charge on any atom is -0.461 e. The van der Waals surface area contributed by atoms with Gasteiger partial charge in [0.05, 0.1) is 6.42 Å². The van der Waals surface area contributed by atoms with Crippen molar-refractivity contribution in [1.82, 2.24) is 30.7 Å². The predicted octanol–water partition coefficient (Wildman–Crippen LogP) is 1.67. The Balaban J connectivity index is 1.29. The van der Waals surface area contributed by atoms with Gasteiger partial charge in [0, 0.05) is 26.1 Å². The summed E-state index contributed by atoms with van der Waals surface area (Å²) >= 11 is 0. The van der Waals surface area contributed by atoms with Gasteiger partial charge < -0.3 is 35.4 Å². The highest BCUT2D eigenvalue weighted by atomic mass is 16.5. The summed E-state index contributed by atoms with van der Waals surface area (Å²) in [5, 5.41) is 8.45. The molecule has 56 heavy (non-hydrogen) atoms. The van der Waals surface area contributed by atoms with Crippen LogP contribution in [0, 0.1) is 5.92 Å². The molecule has 0 saturated carbocycles. The van der Waals surface area contributed by atoms with Gasteiger partial charge in [-0.05, 0) is 74.5 Å². The van der Waals surface area contributed by atoms with Crippen molar-refractivity contribution in [2.45, 2.75) is 115 Å². The van der Waals surface area contributed by atoms with E-state index in [0.29, 0.717) is 38.6 Å². The molecule has 0 radical (unpaired) electrons. The van der Waals surface area contributed by atoms with Gasteiger partial charge in [0.25, 0.3) is 0 Å². The average molecular weight is 771 g/mol. The van der Waals surface area contributed by atoms with Crippen molar-refractivity contribution in [1.29, 1.82) is 0 Å². The number of carbonyl (C=O) groups is 7. The fraction of sp³-hybridized carbons (Fsp3) is 0.548. The molecule has 4 aliphatic rings. The van der Waals surface area contributed by atoms with E-state index in [9.17, 15) is 33.6 Å². The second-order valence-electron chi connectivity index (χ2n) is 15.7. The van der Waals surface area contributed by atoms with Gasteiger partial charge in [-0.2, -0.15) is 0 Å². The summed E-state index contributed by atoms with van der Waals surface area (Å²) in [6.07, 6.45) is 3.96. The molecule has 0 aliphatic carbocycles. The van der Waals surface area contributed by atoms with Crippen molar-refractivity contribution in [2.75, 3.05) is 26.2 Å². The number of piperidine rings is 1. The number of aryl methyl sites for hydroxylation is 1. The number of benzene rings is 2. The Morgan fingerprint density at radius 1 is 0.804 bits per heavy atom. The van der Waals surface area contributed by atoms with Crippen molar-refractivity contribution in [2.24, 2.45) is 5.92 Å². The van der Waals surface area contributed by atoms with E-state index in [1.807, 2.05) is 68.4 Å². The number of cyclic esters (lactones) is 1. The molecule has 300 valence electrons. The van der Waals surface area contributed by atoms with E-state index in [1.165, 1.54) is 14.7 Å². The van der Waals surface area contributed by atoms with E-state index in [1.54, 1.807) is 6.92 Å². The Bertz CT molecular complexity index is 1800. The predicted molar refractivity (Wildman–Crippen MR) is 205 cm³/mol. The number of fused-ring (bicyclic) bond motifs is 3. The Hall–Kier alpha value is -5.27. The number of rotatable bonds is 8. The number of carbonyl (C=O) groups excluding carboxylic acids is 7. The Morgan fingerprint density at radius 3 is 2.27 bits per heavy atom. The van der Waals surface area contributed by atoms with Gasteiger partial charge in [0.15, 0.2) is 0 Å². The van der Waals surface area contributed by atoms with Gasteiger partial charge in [-0.25, -0.2) is 4.79 Å². The maximum Gasteiger partial charge on any atom is 0.328 e. The lowest BCUT2D eigenvalue weighted by atomic mass is 9.99. The van der Waals surface area contributed by atoms with Crippen LogP contribution in [0.4, 0.5) is 0 Å². The van der Waals surface area contributed by atoms with Crippen LogP contribution >= 0.6 is 0 Å². The molecule has 4 aliphatic heterocycles. The molecule has 4 fully saturated rings. The first-order valence-electron chi connectivity index (χ1n) is 20.0. The zero-order valence-corrected chi connectivity index (χ0v) is 32.5. The van der Waals surface area contributed by atoms with Crippen molar-refractivity contribution in [3.05, 3.63) is 71.3 Å². The molecule has 14 heteroatoms. The quantitative estimate of drug-likeness (QED) is 0.340. The minimum atomic E-state index is -1.41. The van der Waals surface area contributed by atoms with Crippen LogP contribution in [0.2, 0.25) is 0 Å². The standard InChI is InChI=1S/C42H54N6O8/c1-4-28-14-10-15-30(21-28)23-36(49)44-31(22-29-12-6-5-7-13-29)37(50)45-32-25-56-42(55)35-20-26(2)24-48(35)39(52)27(3)43-38(51)33-16-8-9-18-46(33)41(54)34-17-11-19-47(34)40(32)53/h5-7,10,12-15,21,26-27,31-35H,4,8-9,11,16-20,22-25H2,1-3H3,(H,43,51)(H,44,49)(H,45,50)/t26-,27+,31+,32+,33+,34+,35?/m1/s1. The van der Waals surface area contributed by atoms with Crippen molar-refractivity contribution in [3.8, 4) is 0 Å². The zero-order valence-electron chi connectivity index (χ0n) is 32.5. The maximum atomic E-state index is 14.5. The maximum absolute atomic E-state index is 14.5. The van der Waals surface area contributed by atoms with Crippen LogP contribution in [0.15, 0.2) is 54.6 Å². The van der Waals surface area contributed by atoms with Crippen LogP contribution in [0.25, 0.3) is 0 Å².